The zero-order valence-corrected chi connectivity index (χ0v) is 17.4. The summed E-state index contributed by atoms with van der Waals surface area (Å²) in [5.41, 5.74) is 1.15. The topological polar surface area (TPSA) is 65.0 Å². The highest BCUT2D eigenvalue weighted by molar-refractivity contribution is 5.79. The van der Waals surface area contributed by atoms with Crippen LogP contribution < -0.4 is 10.6 Å². The molecule has 2 saturated heterocycles. The van der Waals surface area contributed by atoms with Gasteiger partial charge in [0.15, 0.2) is 5.96 Å². The summed E-state index contributed by atoms with van der Waals surface area (Å²) in [6.07, 6.45) is 4.15. The maximum Gasteiger partial charge on any atom is 0.191 e. The number of piperidine rings is 1. The fraction of sp³-hybridized carbons (Fsp3) is 0.714. The number of nitrogens with one attached hydrogen (secondary N) is 2. The van der Waals surface area contributed by atoms with Gasteiger partial charge in [0.25, 0.3) is 0 Å². The highest BCUT2D eigenvalue weighted by atomic mass is 16.5. The Balaban J connectivity index is 1.33. The van der Waals surface area contributed by atoms with Crippen molar-refractivity contribution in [3.8, 4) is 0 Å². The van der Waals surface area contributed by atoms with Crippen molar-refractivity contribution < 1.29 is 4.74 Å². The number of hydrogen-bond acceptors (Lipinski definition) is 5. The van der Waals surface area contributed by atoms with Crippen molar-refractivity contribution in [3.63, 3.8) is 0 Å². The molecule has 0 saturated carbocycles. The van der Waals surface area contributed by atoms with Crippen molar-refractivity contribution in [2.24, 2.45) is 10.9 Å². The Morgan fingerprint density at radius 3 is 2.68 bits per heavy atom. The molecule has 3 rings (SSSR count). The molecule has 1 unspecified atom stereocenters. The van der Waals surface area contributed by atoms with Crippen molar-refractivity contribution in [2.75, 3.05) is 59.5 Å². The number of guanidine groups is 1. The van der Waals surface area contributed by atoms with Crippen molar-refractivity contribution in [1.29, 1.82) is 0 Å². The molecule has 2 aliphatic heterocycles. The van der Waals surface area contributed by atoms with E-state index in [1.807, 2.05) is 19.3 Å². The highest BCUT2D eigenvalue weighted by Crippen LogP contribution is 2.13. The van der Waals surface area contributed by atoms with E-state index in [1.54, 1.807) is 0 Å². The summed E-state index contributed by atoms with van der Waals surface area (Å²) < 4.78 is 5.43. The van der Waals surface area contributed by atoms with Crippen LogP contribution in [0.15, 0.2) is 29.4 Å². The average Bonchev–Trinajstić information content (AvgIpc) is 2.74. The Morgan fingerprint density at radius 2 is 2.00 bits per heavy atom. The van der Waals surface area contributed by atoms with E-state index in [9.17, 15) is 0 Å². The van der Waals surface area contributed by atoms with Gasteiger partial charge in [0, 0.05) is 65.1 Å². The van der Waals surface area contributed by atoms with E-state index in [0.29, 0.717) is 12.0 Å². The van der Waals surface area contributed by atoms with Crippen LogP contribution in [0.4, 0.5) is 0 Å². The largest absolute Gasteiger partial charge is 0.379 e. The summed E-state index contributed by atoms with van der Waals surface area (Å²) in [5.74, 6) is 1.51. The van der Waals surface area contributed by atoms with E-state index in [0.717, 1.165) is 83.5 Å². The van der Waals surface area contributed by atoms with Crippen LogP contribution in [-0.2, 0) is 11.3 Å². The molecular weight excluding hydrogens is 352 g/mol. The van der Waals surface area contributed by atoms with E-state index in [-0.39, 0.29) is 0 Å². The quantitative estimate of drug-likeness (QED) is 0.540. The fourth-order valence-electron chi connectivity index (χ4n) is 3.90. The smallest absolute Gasteiger partial charge is 0.191 e. The number of likely N-dealkylation sites (tertiary alicyclic amines) is 1. The average molecular weight is 389 g/mol. The number of ether oxygens (including phenoxy) is 1. The third kappa shape index (κ3) is 7.04. The van der Waals surface area contributed by atoms with Crippen molar-refractivity contribution in [1.82, 2.24) is 25.4 Å². The summed E-state index contributed by atoms with van der Waals surface area (Å²) in [4.78, 5) is 13.8. The molecule has 7 nitrogen and oxygen atoms in total. The number of pyridine rings is 1. The molecule has 0 aromatic carbocycles. The first-order chi connectivity index (χ1) is 13.7. The molecule has 2 aliphatic rings. The summed E-state index contributed by atoms with van der Waals surface area (Å²) in [5, 5.41) is 7.13. The second-order valence-electron chi connectivity index (χ2n) is 7.99. The van der Waals surface area contributed by atoms with Crippen LogP contribution in [0.5, 0.6) is 0 Å². The van der Waals surface area contributed by atoms with Gasteiger partial charge in [0.05, 0.1) is 18.9 Å². The van der Waals surface area contributed by atoms with Crippen LogP contribution in [0, 0.1) is 5.92 Å². The Kier molecular flexibility index (Phi) is 8.51. The highest BCUT2D eigenvalue weighted by Gasteiger charge is 2.20. The van der Waals surface area contributed by atoms with E-state index in [4.69, 9.17) is 4.74 Å². The molecule has 1 atom stereocenters. The minimum atomic E-state index is 0.487. The lowest BCUT2D eigenvalue weighted by Gasteiger charge is -2.33. The number of rotatable bonds is 7. The molecule has 0 amide bonds. The lowest BCUT2D eigenvalue weighted by atomic mass is 10.0. The lowest BCUT2D eigenvalue weighted by Crippen LogP contribution is -2.49. The Morgan fingerprint density at radius 1 is 1.21 bits per heavy atom. The van der Waals surface area contributed by atoms with Gasteiger partial charge in [-0.25, -0.2) is 0 Å². The summed E-state index contributed by atoms with van der Waals surface area (Å²) in [7, 11) is 1.86. The number of morpholine rings is 1. The molecule has 3 heterocycles. The molecule has 1 aromatic heterocycles. The minimum Gasteiger partial charge on any atom is -0.379 e. The Bertz CT molecular complexity index is 582. The second-order valence-corrected chi connectivity index (χ2v) is 7.99. The predicted octanol–water partition coefficient (Wildman–Crippen LogP) is 1.18. The van der Waals surface area contributed by atoms with Crippen LogP contribution in [0.3, 0.4) is 0 Å². The van der Waals surface area contributed by atoms with Gasteiger partial charge in [0.1, 0.15) is 0 Å². The molecule has 0 spiro atoms. The monoisotopic (exact) mass is 388 g/mol. The molecule has 7 heteroatoms. The van der Waals surface area contributed by atoms with Gasteiger partial charge in [0.2, 0.25) is 0 Å². The number of aromatic nitrogens is 1. The Labute approximate surface area is 169 Å². The van der Waals surface area contributed by atoms with Crippen LogP contribution in [-0.4, -0.2) is 86.3 Å². The van der Waals surface area contributed by atoms with E-state index >= 15 is 0 Å². The van der Waals surface area contributed by atoms with Gasteiger partial charge in [-0.05, 0) is 30.9 Å². The normalized spacial score (nSPS) is 21.4. The zero-order valence-electron chi connectivity index (χ0n) is 17.4. The summed E-state index contributed by atoms with van der Waals surface area (Å²) in [6, 6.07) is 6.63. The van der Waals surface area contributed by atoms with Crippen LogP contribution >= 0.6 is 0 Å². The number of nitrogens with zero attached hydrogens (tertiary/aromatic N) is 4. The molecular formula is C21H36N6O. The minimum absolute atomic E-state index is 0.487. The SMILES string of the molecule is CN=C(NCC(C)CN1CCOCC1)NC1CCN(Cc2ccccn2)CC1. The van der Waals surface area contributed by atoms with Crippen LogP contribution in [0.2, 0.25) is 0 Å². The fourth-order valence-corrected chi connectivity index (χ4v) is 3.90. The van der Waals surface area contributed by atoms with Crippen molar-refractivity contribution in [2.45, 2.75) is 32.4 Å². The first-order valence-corrected chi connectivity index (χ1v) is 10.6. The molecule has 0 aliphatic carbocycles. The van der Waals surface area contributed by atoms with Gasteiger partial charge >= 0.3 is 0 Å². The summed E-state index contributed by atoms with van der Waals surface area (Å²) in [6.45, 7) is 11.3. The van der Waals surface area contributed by atoms with E-state index in [2.05, 4.69) is 49.5 Å². The first-order valence-electron chi connectivity index (χ1n) is 10.6. The number of aliphatic imine (C=N–C) groups is 1. The maximum atomic E-state index is 5.43. The molecule has 1 aromatic rings. The molecule has 156 valence electrons. The molecule has 2 fully saturated rings. The van der Waals surface area contributed by atoms with Gasteiger partial charge in [-0.1, -0.05) is 13.0 Å². The van der Waals surface area contributed by atoms with Crippen molar-refractivity contribution in [3.05, 3.63) is 30.1 Å². The molecule has 0 bridgehead atoms. The van der Waals surface area contributed by atoms with E-state index < -0.39 is 0 Å². The van der Waals surface area contributed by atoms with Gasteiger partial charge in [-0.15, -0.1) is 0 Å². The van der Waals surface area contributed by atoms with Crippen LogP contribution in [0.1, 0.15) is 25.5 Å². The third-order valence-electron chi connectivity index (χ3n) is 5.56. The molecule has 28 heavy (non-hydrogen) atoms. The molecule has 0 radical (unpaired) electrons. The predicted molar refractivity (Wildman–Crippen MR) is 113 cm³/mol. The van der Waals surface area contributed by atoms with Gasteiger partial charge < -0.3 is 15.4 Å². The maximum absolute atomic E-state index is 5.43. The van der Waals surface area contributed by atoms with Gasteiger partial charge in [-0.3, -0.25) is 19.8 Å². The van der Waals surface area contributed by atoms with E-state index in [1.165, 1.54) is 0 Å². The summed E-state index contributed by atoms with van der Waals surface area (Å²) >= 11 is 0. The Hall–Kier alpha value is -1.70. The molecule has 2 N–H and O–H groups in total. The third-order valence-corrected chi connectivity index (χ3v) is 5.56. The standard InChI is InChI=1S/C21H36N6O/c1-18(16-27-11-13-28-14-12-27)15-24-21(22-2)25-19-6-9-26(10-7-19)17-20-5-3-4-8-23-20/h3-5,8,18-19H,6-7,9-17H2,1-2H3,(H2,22,24,25). The zero-order chi connectivity index (χ0) is 19.6. The number of hydrogen-bond donors (Lipinski definition) is 2. The van der Waals surface area contributed by atoms with Crippen LogP contribution in [0.25, 0.3) is 0 Å². The van der Waals surface area contributed by atoms with Crippen molar-refractivity contribution >= 4 is 5.96 Å². The second kappa shape index (κ2) is 11.3. The lowest BCUT2D eigenvalue weighted by molar-refractivity contribution is 0.0320. The van der Waals surface area contributed by atoms with Gasteiger partial charge in [-0.2, -0.15) is 0 Å². The first kappa shape index (κ1) is 21.0.